The minimum atomic E-state index is 0.566. The van der Waals surface area contributed by atoms with Crippen LogP contribution in [-0.2, 0) is 0 Å². The van der Waals surface area contributed by atoms with E-state index in [1.165, 1.54) is 16.3 Å². The van der Waals surface area contributed by atoms with Crippen molar-refractivity contribution in [1.82, 2.24) is 23.9 Å². The lowest BCUT2D eigenvalue weighted by molar-refractivity contribution is 0.950. The van der Waals surface area contributed by atoms with Gasteiger partial charge in [-0.1, -0.05) is 140 Å². The summed E-state index contributed by atoms with van der Waals surface area (Å²) in [7, 11) is 0. The van der Waals surface area contributed by atoms with E-state index in [-0.39, 0.29) is 0 Å². The molecule has 0 N–H and O–H groups in total. The number of hydrogen-bond acceptors (Lipinski definition) is 3. The Balaban J connectivity index is 1.43. The normalized spacial score (nSPS) is 11.8. The molecule has 0 saturated carbocycles. The van der Waals surface area contributed by atoms with Crippen LogP contribution >= 0.6 is 0 Å². The Morgan fingerprint density at radius 2 is 1.00 bits per heavy atom. The topological polar surface area (TPSA) is 48.0 Å². The Morgan fingerprint density at radius 3 is 1.71 bits per heavy atom. The summed E-state index contributed by atoms with van der Waals surface area (Å²) in [6, 6.07) is 57.4. The third-order valence-corrected chi connectivity index (χ3v) is 9.35. The van der Waals surface area contributed by atoms with E-state index in [0.29, 0.717) is 17.6 Å². The van der Waals surface area contributed by atoms with Crippen LogP contribution < -0.4 is 0 Å². The van der Waals surface area contributed by atoms with Crippen molar-refractivity contribution < 1.29 is 0 Å². The van der Waals surface area contributed by atoms with Crippen molar-refractivity contribution in [1.29, 1.82) is 0 Å². The molecule has 0 atom stereocenters. The third kappa shape index (κ3) is 4.01. The van der Waals surface area contributed by atoms with E-state index in [1.54, 1.807) is 0 Å². The van der Waals surface area contributed by atoms with Gasteiger partial charge in [0.15, 0.2) is 11.6 Å². The second-order valence-electron chi connectivity index (χ2n) is 12.1. The van der Waals surface area contributed by atoms with Gasteiger partial charge >= 0.3 is 0 Å². The standard InChI is InChI=1S/C43H27N5/c1-4-13-28(14-5-1)32-24-26-36-38(27-32)47-35-21-11-10-20-33(35)34-25-23-29-19-12-22-37(39(29)40(34)47)48(36)43-45-41(30-15-6-2-7-16-30)44-42(46-43)31-17-8-3-9-18-31/h1-27H. The lowest BCUT2D eigenvalue weighted by Crippen LogP contribution is -2.08. The van der Waals surface area contributed by atoms with Crippen LogP contribution in [-0.4, -0.2) is 23.9 Å². The summed E-state index contributed by atoms with van der Waals surface area (Å²) < 4.78 is 4.67. The zero-order chi connectivity index (χ0) is 31.6. The predicted octanol–water partition coefficient (Wildman–Crippen LogP) is 10.5. The largest absolute Gasteiger partial charge is 0.306 e. The molecule has 0 spiro atoms. The number of hydrogen-bond donors (Lipinski definition) is 0. The van der Waals surface area contributed by atoms with Gasteiger partial charge in [0, 0.05) is 27.3 Å². The average molecular weight is 614 g/mol. The quantitative estimate of drug-likeness (QED) is 0.198. The fourth-order valence-electron chi connectivity index (χ4n) is 7.19. The van der Waals surface area contributed by atoms with Crippen LogP contribution in [0, 0.1) is 0 Å². The fourth-order valence-corrected chi connectivity index (χ4v) is 7.19. The molecule has 48 heavy (non-hydrogen) atoms. The van der Waals surface area contributed by atoms with Crippen molar-refractivity contribution in [2.24, 2.45) is 0 Å². The Kier molecular flexibility index (Phi) is 5.81. The Hall–Kier alpha value is -6.59. The molecular formula is C43H27N5. The van der Waals surface area contributed by atoms with Gasteiger partial charge in [-0.2, -0.15) is 9.97 Å². The van der Waals surface area contributed by atoms with Gasteiger partial charge in [-0.3, -0.25) is 4.57 Å². The molecule has 0 saturated heterocycles. The SMILES string of the molecule is c1ccc(-c2ccc3c(c2)n2c4ccccc4c4ccc5cccc(c5c42)n3-c2nc(-c3ccccc3)nc(-c3ccccc3)n2)cc1. The second kappa shape index (κ2) is 10.5. The molecular weight excluding hydrogens is 587 g/mol. The molecule has 224 valence electrons. The van der Waals surface area contributed by atoms with E-state index in [2.05, 4.69) is 136 Å². The molecule has 3 heterocycles. The van der Waals surface area contributed by atoms with E-state index in [1.807, 2.05) is 36.4 Å². The fraction of sp³-hybridized carbons (Fsp3) is 0. The summed E-state index contributed by atoms with van der Waals surface area (Å²) in [4.78, 5) is 15.5. The summed E-state index contributed by atoms with van der Waals surface area (Å²) in [5, 5.41) is 4.76. The Bertz CT molecular complexity index is 2760. The first kappa shape index (κ1) is 26.6. The highest BCUT2D eigenvalue weighted by molar-refractivity contribution is 6.23. The summed E-state index contributed by atoms with van der Waals surface area (Å²) >= 11 is 0. The van der Waals surface area contributed by atoms with Crippen molar-refractivity contribution in [3.8, 4) is 39.9 Å². The lowest BCUT2D eigenvalue weighted by Gasteiger charge is -2.14. The van der Waals surface area contributed by atoms with Crippen LogP contribution in [0.25, 0.3) is 89.0 Å². The van der Waals surface area contributed by atoms with E-state index in [0.717, 1.165) is 55.1 Å². The first-order valence-corrected chi connectivity index (χ1v) is 16.1. The Morgan fingerprint density at radius 1 is 0.375 bits per heavy atom. The highest BCUT2D eigenvalue weighted by Gasteiger charge is 2.21. The van der Waals surface area contributed by atoms with Crippen molar-refractivity contribution in [2.45, 2.75) is 0 Å². The molecule has 0 fully saturated rings. The van der Waals surface area contributed by atoms with Gasteiger partial charge in [-0.15, -0.1) is 0 Å². The van der Waals surface area contributed by atoms with Crippen molar-refractivity contribution in [3.63, 3.8) is 0 Å². The predicted molar refractivity (Wildman–Crippen MR) is 196 cm³/mol. The molecule has 3 aromatic heterocycles. The third-order valence-electron chi connectivity index (χ3n) is 9.35. The first-order valence-electron chi connectivity index (χ1n) is 16.1. The molecule has 0 unspecified atom stereocenters. The number of fused-ring (bicyclic) bond motifs is 5. The zero-order valence-electron chi connectivity index (χ0n) is 25.8. The Labute approximate surface area is 276 Å². The van der Waals surface area contributed by atoms with Crippen LogP contribution in [0.4, 0.5) is 0 Å². The number of para-hydroxylation sites is 1. The average Bonchev–Trinajstić information content (AvgIpc) is 3.44. The van der Waals surface area contributed by atoms with Gasteiger partial charge in [-0.05, 0) is 40.8 Å². The molecule has 7 aromatic carbocycles. The van der Waals surface area contributed by atoms with Crippen LogP contribution in [0.1, 0.15) is 0 Å². The summed E-state index contributed by atoms with van der Waals surface area (Å²) in [6.45, 7) is 0. The van der Waals surface area contributed by atoms with Crippen molar-refractivity contribution >= 4 is 49.1 Å². The van der Waals surface area contributed by atoms with Crippen LogP contribution in [0.5, 0.6) is 0 Å². The smallest absolute Gasteiger partial charge is 0.238 e. The summed E-state index contributed by atoms with van der Waals surface area (Å²) in [6.07, 6.45) is 0. The second-order valence-corrected chi connectivity index (χ2v) is 12.1. The molecule has 0 aliphatic carbocycles. The van der Waals surface area contributed by atoms with E-state index in [4.69, 9.17) is 15.0 Å². The lowest BCUT2D eigenvalue weighted by atomic mass is 10.0. The minimum absolute atomic E-state index is 0.566. The molecule has 10 aromatic rings. The maximum absolute atomic E-state index is 5.23. The van der Waals surface area contributed by atoms with Gasteiger partial charge in [0.2, 0.25) is 5.95 Å². The number of aromatic nitrogens is 5. The van der Waals surface area contributed by atoms with Gasteiger partial charge in [0.25, 0.3) is 0 Å². The van der Waals surface area contributed by atoms with E-state index < -0.39 is 0 Å². The van der Waals surface area contributed by atoms with Gasteiger partial charge < -0.3 is 4.40 Å². The van der Waals surface area contributed by atoms with Crippen molar-refractivity contribution in [2.75, 3.05) is 0 Å². The molecule has 0 aliphatic heterocycles. The first-order chi connectivity index (χ1) is 23.8. The van der Waals surface area contributed by atoms with Gasteiger partial charge in [-0.25, -0.2) is 4.98 Å². The zero-order valence-corrected chi connectivity index (χ0v) is 25.8. The highest BCUT2D eigenvalue weighted by Crippen LogP contribution is 2.40. The number of benzene rings is 7. The summed E-state index contributed by atoms with van der Waals surface area (Å²) in [5.74, 6) is 1.82. The molecule has 5 nitrogen and oxygen atoms in total. The molecule has 0 radical (unpaired) electrons. The van der Waals surface area contributed by atoms with Crippen molar-refractivity contribution in [3.05, 3.63) is 164 Å². The van der Waals surface area contributed by atoms with E-state index in [9.17, 15) is 0 Å². The molecule has 0 amide bonds. The maximum atomic E-state index is 5.23. The van der Waals surface area contributed by atoms with Gasteiger partial charge in [0.1, 0.15) is 0 Å². The number of nitrogens with zero attached hydrogens (tertiary/aromatic N) is 5. The molecule has 0 aliphatic rings. The van der Waals surface area contributed by atoms with Crippen LogP contribution in [0.15, 0.2) is 164 Å². The minimum Gasteiger partial charge on any atom is -0.306 e. The molecule has 0 bridgehead atoms. The molecule has 10 rings (SSSR count). The highest BCUT2D eigenvalue weighted by atomic mass is 15.2. The maximum Gasteiger partial charge on any atom is 0.238 e. The van der Waals surface area contributed by atoms with Crippen LogP contribution in [0.3, 0.4) is 0 Å². The summed E-state index contributed by atoms with van der Waals surface area (Å²) in [5.41, 5.74) is 9.60. The monoisotopic (exact) mass is 613 g/mol. The van der Waals surface area contributed by atoms with Crippen LogP contribution in [0.2, 0.25) is 0 Å². The number of rotatable bonds is 4. The molecule has 5 heteroatoms. The van der Waals surface area contributed by atoms with E-state index >= 15 is 0 Å². The van der Waals surface area contributed by atoms with Gasteiger partial charge in [0.05, 0.1) is 27.6 Å².